The molecule has 5 atom stereocenters. The van der Waals surface area contributed by atoms with Crippen LogP contribution in [0.2, 0.25) is 5.82 Å². The maximum absolute atomic E-state index is 2.94. The summed E-state index contributed by atoms with van der Waals surface area (Å²) >= 11 is 0. The normalized spacial score (nSPS) is 29.0. The van der Waals surface area contributed by atoms with Gasteiger partial charge < -0.3 is 14.7 Å². The van der Waals surface area contributed by atoms with Crippen LogP contribution in [-0.4, -0.2) is 17.8 Å². The second-order valence-corrected chi connectivity index (χ2v) is 26.4. The molecule has 13 rings (SSSR count). The third-order valence-corrected chi connectivity index (χ3v) is 20.5. The highest BCUT2D eigenvalue weighted by Crippen LogP contribution is 2.65. The maximum atomic E-state index is 2.94. The van der Waals surface area contributed by atoms with Gasteiger partial charge in [0.15, 0.2) is 0 Å². The molecule has 2 fully saturated rings. The fraction of sp³-hybridized carbons (Fsp3) is 0.469. The van der Waals surface area contributed by atoms with E-state index in [-0.39, 0.29) is 50.7 Å². The van der Waals surface area contributed by atoms with Crippen molar-refractivity contribution in [2.75, 3.05) is 14.7 Å². The fourth-order valence-electron chi connectivity index (χ4n) is 16.2. The molecule has 3 nitrogen and oxygen atoms in total. The Hall–Kier alpha value is -4.96. The Balaban J connectivity index is 1.11. The molecular weight excluding hydrogens is 822 g/mol. The number of benzene rings is 5. The summed E-state index contributed by atoms with van der Waals surface area (Å²) in [6, 6.07) is 34.7. The van der Waals surface area contributed by atoms with Crippen molar-refractivity contribution in [3.63, 3.8) is 0 Å². The lowest BCUT2D eigenvalue weighted by Crippen LogP contribution is -2.63. The molecule has 68 heavy (non-hydrogen) atoms. The number of nitrogens with zero attached hydrogens (tertiary/aromatic N) is 3. The molecule has 0 amide bonds. The SMILES string of the molecule is Cc1cc2c3c(c1)N1c4c(cc(C(C)(C)C)cc4C4(C)CCCCC14C)B3C1CC=C(N3c4ccc(C(C)(C)C)cc4C4(C)CCCCC34C)C=C1N2c1cccc2c1-c1ccccc1C2(C)C. The molecule has 4 aliphatic heterocycles. The first kappa shape index (κ1) is 43.1. The molecule has 0 saturated heterocycles. The third-order valence-electron chi connectivity index (χ3n) is 20.5. The maximum Gasteiger partial charge on any atom is 0.226 e. The number of allylic oxidation sites excluding steroid dienone is 3. The van der Waals surface area contributed by atoms with E-state index in [1.54, 1.807) is 27.7 Å². The van der Waals surface area contributed by atoms with E-state index < -0.39 is 0 Å². The Labute approximate surface area is 409 Å². The third kappa shape index (κ3) is 5.18. The van der Waals surface area contributed by atoms with Crippen molar-refractivity contribution in [2.24, 2.45) is 0 Å². The zero-order valence-corrected chi connectivity index (χ0v) is 43.6. The van der Waals surface area contributed by atoms with E-state index in [0.29, 0.717) is 0 Å². The van der Waals surface area contributed by atoms with Crippen LogP contribution in [0.3, 0.4) is 0 Å². The monoisotopic (exact) mass is 896 g/mol. The summed E-state index contributed by atoms with van der Waals surface area (Å²) in [7, 11) is 0. The predicted octanol–water partition coefficient (Wildman–Crippen LogP) is 15.4. The first-order chi connectivity index (χ1) is 32.1. The van der Waals surface area contributed by atoms with Gasteiger partial charge in [-0.15, -0.1) is 0 Å². The molecule has 348 valence electrons. The van der Waals surface area contributed by atoms with Gasteiger partial charge in [0.25, 0.3) is 0 Å². The van der Waals surface area contributed by atoms with Crippen LogP contribution in [0.5, 0.6) is 0 Å². The lowest BCUT2D eigenvalue weighted by molar-refractivity contribution is 0.191. The summed E-state index contributed by atoms with van der Waals surface area (Å²) in [6.07, 6.45) is 16.4. The summed E-state index contributed by atoms with van der Waals surface area (Å²) in [5.74, 6) is 0.258. The second-order valence-electron chi connectivity index (χ2n) is 26.4. The Morgan fingerprint density at radius 2 is 1.21 bits per heavy atom. The molecule has 0 bridgehead atoms. The van der Waals surface area contributed by atoms with Crippen molar-refractivity contribution in [3.05, 3.63) is 147 Å². The topological polar surface area (TPSA) is 9.72 Å². The highest BCUT2D eigenvalue weighted by Gasteiger charge is 2.63. The highest BCUT2D eigenvalue weighted by atomic mass is 15.3. The van der Waals surface area contributed by atoms with Gasteiger partial charge in [-0.25, -0.2) is 0 Å². The van der Waals surface area contributed by atoms with Gasteiger partial charge in [0, 0.05) is 56.0 Å². The summed E-state index contributed by atoms with van der Waals surface area (Å²) in [4.78, 5) is 8.64. The Bertz CT molecular complexity index is 3120. The number of hydrogen-bond acceptors (Lipinski definition) is 3. The van der Waals surface area contributed by atoms with Crippen LogP contribution in [0.4, 0.5) is 28.4 Å². The summed E-state index contributed by atoms with van der Waals surface area (Å²) in [5.41, 5.74) is 26.4. The van der Waals surface area contributed by atoms with Gasteiger partial charge in [-0.2, -0.15) is 0 Å². The van der Waals surface area contributed by atoms with Crippen molar-refractivity contribution >= 4 is 46.1 Å². The van der Waals surface area contributed by atoms with Crippen molar-refractivity contribution < 1.29 is 0 Å². The Morgan fingerprint density at radius 1 is 0.574 bits per heavy atom. The summed E-state index contributed by atoms with van der Waals surface area (Å²) < 4.78 is 0. The number of hydrogen-bond donors (Lipinski definition) is 0. The molecule has 0 spiro atoms. The minimum Gasteiger partial charge on any atom is -0.335 e. The van der Waals surface area contributed by atoms with Crippen LogP contribution in [0.15, 0.2) is 108 Å². The number of anilines is 5. The van der Waals surface area contributed by atoms with Gasteiger partial charge >= 0.3 is 0 Å². The molecule has 0 aromatic heterocycles. The second kappa shape index (κ2) is 13.5. The van der Waals surface area contributed by atoms with E-state index >= 15 is 0 Å². The van der Waals surface area contributed by atoms with E-state index in [0.717, 1.165) is 6.42 Å². The summed E-state index contributed by atoms with van der Waals surface area (Å²) in [5, 5.41) is 0. The summed E-state index contributed by atoms with van der Waals surface area (Å²) in [6.45, 7) is 32.5. The number of aryl methyl sites for hydroxylation is 1. The zero-order chi connectivity index (χ0) is 47.5. The minimum absolute atomic E-state index is 0.0129. The van der Waals surface area contributed by atoms with Crippen LogP contribution in [-0.2, 0) is 27.1 Å². The molecule has 8 aliphatic rings. The molecule has 0 radical (unpaired) electrons. The van der Waals surface area contributed by atoms with E-state index in [1.807, 2.05) is 0 Å². The van der Waals surface area contributed by atoms with E-state index in [2.05, 4.69) is 202 Å². The number of fused-ring (bicyclic) bond motifs is 13. The molecule has 0 N–H and O–H groups in total. The molecule has 5 aromatic rings. The van der Waals surface area contributed by atoms with Crippen molar-refractivity contribution in [3.8, 4) is 11.1 Å². The smallest absolute Gasteiger partial charge is 0.226 e. The van der Waals surface area contributed by atoms with Gasteiger partial charge in [0.05, 0.1) is 16.8 Å². The molecule has 4 heterocycles. The fourth-order valence-corrected chi connectivity index (χ4v) is 16.2. The molecule has 4 heteroatoms. The zero-order valence-electron chi connectivity index (χ0n) is 43.6. The predicted molar refractivity (Wildman–Crippen MR) is 290 cm³/mol. The first-order valence-electron chi connectivity index (χ1n) is 26.7. The molecular formula is C64H74BN3. The van der Waals surface area contributed by atoms with E-state index in [4.69, 9.17) is 0 Å². The van der Waals surface area contributed by atoms with Crippen LogP contribution in [0, 0.1) is 6.92 Å². The largest absolute Gasteiger partial charge is 0.335 e. The Kier molecular flexibility index (Phi) is 8.53. The van der Waals surface area contributed by atoms with Crippen molar-refractivity contribution in [2.45, 2.75) is 192 Å². The number of rotatable bonds is 2. The van der Waals surface area contributed by atoms with E-state index in [9.17, 15) is 0 Å². The lowest BCUT2D eigenvalue weighted by atomic mass is 9.29. The van der Waals surface area contributed by atoms with Crippen LogP contribution < -0.4 is 25.6 Å². The molecule has 5 unspecified atom stereocenters. The first-order valence-corrected chi connectivity index (χ1v) is 26.7. The highest BCUT2D eigenvalue weighted by molar-refractivity contribution is 6.91. The van der Waals surface area contributed by atoms with Crippen LogP contribution in [0.25, 0.3) is 11.1 Å². The average molecular weight is 896 g/mol. The van der Waals surface area contributed by atoms with Gasteiger partial charge in [-0.3, -0.25) is 0 Å². The van der Waals surface area contributed by atoms with Gasteiger partial charge in [0.1, 0.15) is 0 Å². The quantitative estimate of drug-likeness (QED) is 0.164. The van der Waals surface area contributed by atoms with Crippen LogP contribution >= 0.6 is 0 Å². The average Bonchev–Trinajstić information content (AvgIpc) is 3.75. The standard InChI is InChI=1S/C64H74BN3/c1-39-33-53-56-54(34-39)68-57-47(62(11)30-17-19-32-64(62,68)13)36-41(59(5,6)7)37-49(57)65(56)48-27-26-42(67-50-28-25-40(58(2,3)4)35-46(50)61(10)29-16-18-31-63(61,67)12)38-52(48)66(53)51-24-20-23-45-55(51)43-21-14-15-22-44(43)60(45,8)9/h14-15,20-26,28,33-38,48H,16-19,27,29-32H2,1-13H3. The molecule has 2 saturated carbocycles. The minimum atomic E-state index is -0.100. The van der Waals surface area contributed by atoms with E-state index in [1.165, 1.54) is 124 Å². The van der Waals surface area contributed by atoms with Gasteiger partial charge in [-0.1, -0.05) is 162 Å². The van der Waals surface area contributed by atoms with Crippen molar-refractivity contribution in [1.82, 2.24) is 0 Å². The van der Waals surface area contributed by atoms with Crippen molar-refractivity contribution in [1.29, 1.82) is 0 Å². The molecule has 4 aliphatic carbocycles. The van der Waals surface area contributed by atoms with Gasteiger partial charge in [0.2, 0.25) is 6.71 Å². The molecule has 5 aromatic carbocycles. The lowest BCUT2D eigenvalue weighted by Gasteiger charge is -2.54. The van der Waals surface area contributed by atoms with Gasteiger partial charge in [-0.05, 0) is 155 Å². The Morgan fingerprint density at radius 3 is 1.93 bits per heavy atom. The van der Waals surface area contributed by atoms with Crippen LogP contribution in [0.1, 0.15) is 180 Å².